The van der Waals surface area contributed by atoms with Gasteiger partial charge in [-0.25, -0.2) is 8.78 Å². The van der Waals surface area contributed by atoms with Crippen LogP contribution < -0.4 is 11.1 Å². The third-order valence-corrected chi connectivity index (χ3v) is 3.80. The highest BCUT2D eigenvalue weighted by atomic mass is 32.1. The van der Waals surface area contributed by atoms with Gasteiger partial charge in [-0.3, -0.25) is 4.79 Å². The number of nitrogens with two attached hydrogens (primary N) is 1. The summed E-state index contributed by atoms with van der Waals surface area (Å²) in [4.78, 5) is 14.2. The number of amides is 1. The topological polar surface area (TPSA) is 67.6 Å². The van der Waals surface area contributed by atoms with Gasteiger partial charge < -0.3 is 20.7 Å². The fourth-order valence-electron chi connectivity index (χ4n) is 2.10. The molecule has 0 spiro atoms. The van der Waals surface area contributed by atoms with Crippen molar-refractivity contribution in [1.29, 1.82) is 0 Å². The largest absolute Gasteiger partial charge is 0.391 e. The quantitative estimate of drug-likeness (QED) is 0.530. The molecule has 0 aromatic carbocycles. The second kappa shape index (κ2) is 7.80. The zero-order valence-corrected chi connectivity index (χ0v) is 12.3. The standard InChI is InChI=1S/C12H21F2N3O2S/c1-17-5-3-12(4-6-17,11(15)20)16-10(18)2-7-19-8-9(13)14/h9H,2-8H2,1H3,(H2,15,20)(H,16,18). The number of rotatable bonds is 7. The van der Waals surface area contributed by atoms with Crippen LogP contribution in [0.25, 0.3) is 0 Å². The molecular formula is C12H21F2N3O2S. The number of piperidine rings is 1. The molecule has 1 fully saturated rings. The van der Waals surface area contributed by atoms with Crippen molar-refractivity contribution in [3.63, 3.8) is 0 Å². The van der Waals surface area contributed by atoms with Gasteiger partial charge >= 0.3 is 0 Å². The lowest BCUT2D eigenvalue weighted by atomic mass is 9.87. The number of hydrogen-bond donors (Lipinski definition) is 2. The van der Waals surface area contributed by atoms with Gasteiger partial charge in [0.2, 0.25) is 5.91 Å². The van der Waals surface area contributed by atoms with Gasteiger partial charge in [0.1, 0.15) is 6.61 Å². The number of thiocarbonyl (C=S) groups is 1. The number of likely N-dealkylation sites (tertiary alicyclic amines) is 1. The maximum Gasteiger partial charge on any atom is 0.261 e. The molecule has 0 bridgehead atoms. The lowest BCUT2D eigenvalue weighted by Gasteiger charge is -2.40. The van der Waals surface area contributed by atoms with E-state index in [0.29, 0.717) is 12.8 Å². The molecule has 1 heterocycles. The van der Waals surface area contributed by atoms with Crippen molar-refractivity contribution in [2.75, 3.05) is 33.4 Å². The van der Waals surface area contributed by atoms with Crippen molar-refractivity contribution in [3.05, 3.63) is 0 Å². The van der Waals surface area contributed by atoms with Crippen LogP contribution in [0.1, 0.15) is 19.3 Å². The Morgan fingerprint density at radius 1 is 1.50 bits per heavy atom. The molecule has 1 saturated heterocycles. The van der Waals surface area contributed by atoms with E-state index in [4.69, 9.17) is 18.0 Å². The number of alkyl halides is 2. The second-order valence-electron chi connectivity index (χ2n) is 5.01. The van der Waals surface area contributed by atoms with Crippen LogP contribution in [0.15, 0.2) is 0 Å². The van der Waals surface area contributed by atoms with Crippen molar-refractivity contribution in [3.8, 4) is 0 Å². The molecule has 3 N–H and O–H groups in total. The van der Waals surface area contributed by atoms with E-state index in [2.05, 4.69) is 15.0 Å². The van der Waals surface area contributed by atoms with Crippen molar-refractivity contribution in [1.82, 2.24) is 10.2 Å². The maximum atomic E-state index is 11.9. The van der Waals surface area contributed by atoms with Gasteiger partial charge in [-0.15, -0.1) is 0 Å². The number of ether oxygens (including phenoxy) is 1. The first-order valence-electron chi connectivity index (χ1n) is 6.51. The van der Waals surface area contributed by atoms with Gasteiger partial charge in [0.25, 0.3) is 6.43 Å². The van der Waals surface area contributed by atoms with Crippen molar-refractivity contribution >= 4 is 23.1 Å². The summed E-state index contributed by atoms with van der Waals surface area (Å²) in [5.74, 6) is -0.281. The van der Waals surface area contributed by atoms with Crippen molar-refractivity contribution in [2.24, 2.45) is 5.73 Å². The van der Waals surface area contributed by atoms with E-state index < -0.39 is 18.6 Å². The number of hydrogen-bond acceptors (Lipinski definition) is 4. The molecule has 8 heteroatoms. The molecule has 5 nitrogen and oxygen atoms in total. The van der Waals surface area contributed by atoms with E-state index in [0.717, 1.165) is 13.1 Å². The summed E-state index contributed by atoms with van der Waals surface area (Å²) < 4.78 is 28.4. The van der Waals surface area contributed by atoms with E-state index in [1.807, 2.05) is 7.05 Å². The molecule has 0 saturated carbocycles. The highest BCUT2D eigenvalue weighted by molar-refractivity contribution is 7.80. The van der Waals surface area contributed by atoms with E-state index in [9.17, 15) is 13.6 Å². The molecule has 0 unspecified atom stereocenters. The number of halogens is 2. The Morgan fingerprint density at radius 3 is 2.60 bits per heavy atom. The molecule has 0 radical (unpaired) electrons. The summed E-state index contributed by atoms with van der Waals surface area (Å²) in [5.41, 5.74) is 5.09. The van der Waals surface area contributed by atoms with Crippen LogP contribution in [-0.2, 0) is 9.53 Å². The second-order valence-corrected chi connectivity index (χ2v) is 5.45. The Balaban J connectivity index is 2.42. The fraction of sp³-hybridized carbons (Fsp3) is 0.833. The average molecular weight is 309 g/mol. The van der Waals surface area contributed by atoms with E-state index in [1.165, 1.54) is 0 Å². The summed E-state index contributed by atoms with van der Waals surface area (Å²) in [6.07, 6.45) is -1.19. The smallest absolute Gasteiger partial charge is 0.261 e. The normalized spacial score (nSPS) is 19.0. The third-order valence-electron chi connectivity index (χ3n) is 3.41. The van der Waals surface area contributed by atoms with E-state index in [1.54, 1.807) is 0 Å². The van der Waals surface area contributed by atoms with Crippen LogP contribution in [0.5, 0.6) is 0 Å². The Kier molecular flexibility index (Phi) is 6.70. The van der Waals surface area contributed by atoms with Crippen LogP contribution in [-0.4, -0.2) is 61.1 Å². The Morgan fingerprint density at radius 2 is 2.10 bits per heavy atom. The summed E-state index contributed by atoms with van der Waals surface area (Å²) in [7, 11) is 1.99. The lowest BCUT2D eigenvalue weighted by Crippen LogP contribution is -2.61. The first-order chi connectivity index (χ1) is 9.35. The SMILES string of the molecule is CN1CCC(NC(=O)CCOCC(F)F)(C(N)=S)CC1. The zero-order valence-electron chi connectivity index (χ0n) is 11.5. The fourth-order valence-corrected chi connectivity index (χ4v) is 2.36. The van der Waals surface area contributed by atoms with Gasteiger partial charge in [0, 0.05) is 19.5 Å². The first-order valence-corrected chi connectivity index (χ1v) is 6.92. The molecule has 1 aliphatic heterocycles. The molecule has 116 valence electrons. The van der Waals surface area contributed by atoms with E-state index >= 15 is 0 Å². The Hall–Kier alpha value is -0.860. The predicted octanol–water partition coefficient (Wildman–Crippen LogP) is 0.525. The van der Waals surface area contributed by atoms with Crippen LogP contribution >= 0.6 is 12.2 Å². The highest BCUT2D eigenvalue weighted by Gasteiger charge is 2.37. The molecule has 1 aliphatic rings. The van der Waals surface area contributed by atoms with Crippen LogP contribution in [0, 0.1) is 0 Å². The maximum absolute atomic E-state index is 11.9. The third kappa shape index (κ3) is 5.26. The summed E-state index contributed by atoms with van der Waals surface area (Å²) in [6.45, 7) is 0.890. The Labute approximate surface area is 122 Å². The highest BCUT2D eigenvalue weighted by Crippen LogP contribution is 2.22. The van der Waals surface area contributed by atoms with Gasteiger partial charge in [-0.1, -0.05) is 12.2 Å². The number of carbonyl (C=O) groups excluding carboxylic acids is 1. The zero-order chi connectivity index (χ0) is 15.2. The number of carbonyl (C=O) groups is 1. The summed E-state index contributed by atoms with van der Waals surface area (Å²) >= 11 is 5.07. The number of nitrogens with one attached hydrogen (secondary N) is 1. The van der Waals surface area contributed by atoms with Gasteiger partial charge in [0.05, 0.1) is 17.1 Å². The number of nitrogens with zero attached hydrogens (tertiary/aromatic N) is 1. The minimum absolute atomic E-state index is 0.0208. The van der Waals surface area contributed by atoms with Gasteiger partial charge in [-0.2, -0.15) is 0 Å². The van der Waals surface area contributed by atoms with Crippen molar-refractivity contribution in [2.45, 2.75) is 31.2 Å². The predicted molar refractivity (Wildman–Crippen MR) is 75.8 cm³/mol. The molecule has 1 rings (SSSR count). The molecule has 20 heavy (non-hydrogen) atoms. The van der Waals surface area contributed by atoms with Crippen LogP contribution in [0.2, 0.25) is 0 Å². The minimum atomic E-state index is -2.52. The first kappa shape index (κ1) is 17.2. The Bertz CT molecular complexity index is 348. The van der Waals surface area contributed by atoms with Crippen molar-refractivity contribution < 1.29 is 18.3 Å². The molecule has 0 atom stereocenters. The molecule has 0 aliphatic carbocycles. The molecule has 0 aromatic rings. The molecular weight excluding hydrogens is 288 g/mol. The summed E-state index contributed by atoms with van der Waals surface area (Å²) in [5, 5.41) is 2.84. The average Bonchev–Trinajstić information content (AvgIpc) is 2.37. The van der Waals surface area contributed by atoms with E-state index in [-0.39, 0.29) is 23.9 Å². The van der Waals surface area contributed by atoms with Crippen LogP contribution in [0.4, 0.5) is 8.78 Å². The summed E-state index contributed by atoms with van der Waals surface area (Å²) in [6, 6.07) is 0. The van der Waals surface area contributed by atoms with Crippen LogP contribution in [0.3, 0.4) is 0 Å². The molecule has 0 aromatic heterocycles. The van der Waals surface area contributed by atoms with Gasteiger partial charge in [0.15, 0.2) is 0 Å². The minimum Gasteiger partial charge on any atom is -0.391 e. The lowest BCUT2D eigenvalue weighted by molar-refractivity contribution is -0.124. The van der Waals surface area contributed by atoms with Gasteiger partial charge in [-0.05, 0) is 19.9 Å². The monoisotopic (exact) mass is 309 g/mol. The molecule has 1 amide bonds.